The van der Waals surface area contributed by atoms with E-state index in [-0.39, 0.29) is 13.2 Å². The Kier molecular flexibility index (Phi) is 4.58. The van der Waals surface area contributed by atoms with Crippen LogP contribution in [0.3, 0.4) is 0 Å². The van der Waals surface area contributed by atoms with Gasteiger partial charge in [-0.2, -0.15) is 4.68 Å². The van der Waals surface area contributed by atoms with Gasteiger partial charge in [0.25, 0.3) is 0 Å². The van der Waals surface area contributed by atoms with E-state index in [1.54, 1.807) is 24.3 Å². The summed E-state index contributed by atoms with van der Waals surface area (Å²) >= 11 is 0. The van der Waals surface area contributed by atoms with Gasteiger partial charge in [0.05, 0.1) is 11.3 Å². The normalized spacial score (nSPS) is 10.3. The van der Waals surface area contributed by atoms with E-state index in [9.17, 15) is 4.79 Å². The molecule has 0 unspecified atom stereocenters. The Bertz CT molecular complexity index is 760. The number of tetrazole rings is 1. The number of hydrogen-bond acceptors (Lipinski definition) is 6. The number of benzene rings is 2. The first-order valence-corrected chi connectivity index (χ1v) is 7.02. The molecule has 0 aliphatic rings. The van der Waals surface area contributed by atoms with Crippen molar-refractivity contribution in [3.05, 3.63) is 66.5 Å². The highest BCUT2D eigenvalue weighted by Crippen LogP contribution is 2.14. The highest BCUT2D eigenvalue weighted by Gasteiger charge is 2.14. The fraction of sp³-hybridized carbons (Fsp3) is 0.125. The third kappa shape index (κ3) is 3.70. The van der Waals surface area contributed by atoms with Crippen molar-refractivity contribution < 1.29 is 14.3 Å². The molecule has 0 atom stereocenters. The molecule has 3 rings (SSSR count). The quantitative estimate of drug-likeness (QED) is 0.511. The fourth-order valence-electron chi connectivity index (χ4n) is 2.01. The summed E-state index contributed by atoms with van der Waals surface area (Å²) in [5.41, 5.74) is 0.950. The van der Waals surface area contributed by atoms with Gasteiger partial charge in [-0.1, -0.05) is 30.3 Å². The van der Waals surface area contributed by atoms with E-state index in [1.165, 1.54) is 11.0 Å². The van der Waals surface area contributed by atoms with Crippen LogP contribution in [0.25, 0.3) is 5.69 Å². The van der Waals surface area contributed by atoms with Crippen molar-refractivity contribution >= 4 is 5.97 Å². The summed E-state index contributed by atoms with van der Waals surface area (Å²) in [5.74, 6) is 0.283. The Morgan fingerprint density at radius 2 is 1.78 bits per heavy atom. The minimum absolute atomic E-state index is 0.150. The number of ether oxygens (including phenoxy) is 2. The van der Waals surface area contributed by atoms with E-state index in [2.05, 4.69) is 15.5 Å². The molecule has 0 amide bonds. The van der Waals surface area contributed by atoms with Crippen LogP contribution < -0.4 is 4.74 Å². The molecule has 2 aromatic carbocycles. The van der Waals surface area contributed by atoms with E-state index in [0.717, 1.165) is 5.75 Å². The molecule has 0 aliphatic heterocycles. The fourth-order valence-corrected chi connectivity index (χ4v) is 2.01. The maximum absolute atomic E-state index is 12.2. The summed E-state index contributed by atoms with van der Waals surface area (Å²) in [6.07, 6.45) is 1.42. The summed E-state index contributed by atoms with van der Waals surface area (Å²) in [7, 11) is 0. The molecule has 0 spiro atoms. The second-order valence-electron chi connectivity index (χ2n) is 4.57. The predicted octanol–water partition coefficient (Wildman–Crippen LogP) is 1.90. The van der Waals surface area contributed by atoms with Crippen molar-refractivity contribution in [1.29, 1.82) is 0 Å². The molecule has 0 bridgehead atoms. The minimum atomic E-state index is -0.451. The molecule has 7 heteroatoms. The molecule has 3 aromatic rings. The smallest absolute Gasteiger partial charge is 0.340 e. The topological polar surface area (TPSA) is 79.1 Å². The van der Waals surface area contributed by atoms with Crippen molar-refractivity contribution in [2.45, 2.75) is 0 Å². The molecule has 0 aliphatic carbocycles. The number of nitrogens with zero attached hydrogens (tertiary/aromatic N) is 4. The first-order chi connectivity index (χ1) is 11.3. The van der Waals surface area contributed by atoms with E-state index in [0.29, 0.717) is 11.3 Å². The van der Waals surface area contributed by atoms with Crippen molar-refractivity contribution in [3.8, 4) is 11.4 Å². The van der Waals surface area contributed by atoms with Crippen LogP contribution >= 0.6 is 0 Å². The van der Waals surface area contributed by atoms with Gasteiger partial charge >= 0.3 is 5.97 Å². The van der Waals surface area contributed by atoms with Crippen molar-refractivity contribution in [2.24, 2.45) is 0 Å². The Balaban J connectivity index is 1.59. The van der Waals surface area contributed by atoms with Gasteiger partial charge in [0, 0.05) is 0 Å². The number of hydrogen-bond donors (Lipinski definition) is 0. The lowest BCUT2D eigenvalue weighted by Crippen LogP contribution is -2.14. The number of aromatic nitrogens is 4. The number of esters is 1. The molecule has 0 fully saturated rings. The lowest BCUT2D eigenvalue weighted by Gasteiger charge is -2.09. The Morgan fingerprint density at radius 3 is 2.57 bits per heavy atom. The van der Waals surface area contributed by atoms with Crippen molar-refractivity contribution in [3.63, 3.8) is 0 Å². The zero-order valence-electron chi connectivity index (χ0n) is 12.2. The van der Waals surface area contributed by atoms with Gasteiger partial charge in [-0.15, -0.1) is 5.10 Å². The monoisotopic (exact) mass is 310 g/mol. The van der Waals surface area contributed by atoms with Gasteiger partial charge in [0.2, 0.25) is 0 Å². The third-order valence-corrected chi connectivity index (χ3v) is 3.05. The van der Waals surface area contributed by atoms with Gasteiger partial charge in [-0.3, -0.25) is 0 Å². The SMILES string of the molecule is O=C(OCCOc1ccccc1)c1ccccc1-n1cnnn1. The van der Waals surface area contributed by atoms with Gasteiger partial charge in [-0.25, -0.2) is 4.79 Å². The summed E-state index contributed by atoms with van der Waals surface area (Å²) in [6.45, 7) is 0.431. The lowest BCUT2D eigenvalue weighted by molar-refractivity contribution is 0.0450. The summed E-state index contributed by atoms with van der Waals surface area (Å²) in [5, 5.41) is 10.9. The zero-order chi connectivity index (χ0) is 15.9. The van der Waals surface area contributed by atoms with Gasteiger partial charge in [-0.05, 0) is 34.7 Å². The second-order valence-corrected chi connectivity index (χ2v) is 4.57. The van der Waals surface area contributed by atoms with Gasteiger partial charge < -0.3 is 9.47 Å². The number of carbonyl (C=O) groups excluding carboxylic acids is 1. The predicted molar refractivity (Wildman–Crippen MR) is 81.4 cm³/mol. The van der Waals surface area contributed by atoms with Crippen molar-refractivity contribution in [2.75, 3.05) is 13.2 Å². The van der Waals surface area contributed by atoms with Crippen LogP contribution in [0, 0.1) is 0 Å². The first-order valence-electron chi connectivity index (χ1n) is 7.02. The number of carbonyl (C=O) groups is 1. The first kappa shape index (κ1) is 14.7. The molecule has 0 saturated carbocycles. The molecule has 7 nitrogen and oxygen atoms in total. The maximum atomic E-state index is 12.2. The molecule has 23 heavy (non-hydrogen) atoms. The Hall–Kier alpha value is -3.22. The second kappa shape index (κ2) is 7.17. The molecule has 116 valence electrons. The van der Waals surface area contributed by atoms with Crippen LogP contribution in [0.4, 0.5) is 0 Å². The van der Waals surface area contributed by atoms with Crippen LogP contribution in [-0.2, 0) is 4.74 Å². The van der Waals surface area contributed by atoms with E-state index in [4.69, 9.17) is 9.47 Å². The van der Waals surface area contributed by atoms with Crippen LogP contribution in [0.1, 0.15) is 10.4 Å². The average molecular weight is 310 g/mol. The Labute approximate surface area is 132 Å². The molecule has 0 N–H and O–H groups in total. The van der Waals surface area contributed by atoms with Gasteiger partial charge in [0.1, 0.15) is 25.3 Å². The maximum Gasteiger partial charge on any atom is 0.340 e. The minimum Gasteiger partial charge on any atom is -0.490 e. The summed E-state index contributed by atoms with van der Waals surface area (Å²) in [4.78, 5) is 12.2. The largest absolute Gasteiger partial charge is 0.490 e. The zero-order valence-corrected chi connectivity index (χ0v) is 12.2. The van der Waals surface area contributed by atoms with Crippen LogP contribution in [0.5, 0.6) is 5.75 Å². The highest BCUT2D eigenvalue weighted by molar-refractivity contribution is 5.93. The number of rotatable bonds is 6. The van der Waals surface area contributed by atoms with Gasteiger partial charge in [0.15, 0.2) is 0 Å². The molecule has 1 heterocycles. The van der Waals surface area contributed by atoms with Crippen molar-refractivity contribution in [1.82, 2.24) is 20.2 Å². The molecule has 0 saturated heterocycles. The number of para-hydroxylation sites is 2. The van der Waals surface area contributed by atoms with E-state index in [1.807, 2.05) is 30.3 Å². The Morgan fingerprint density at radius 1 is 1.00 bits per heavy atom. The standard InChI is InChI=1S/C16H14N4O3/c21-16(23-11-10-22-13-6-2-1-3-7-13)14-8-4-5-9-15(14)20-12-17-18-19-20/h1-9,12H,10-11H2. The average Bonchev–Trinajstić information content (AvgIpc) is 3.14. The summed E-state index contributed by atoms with van der Waals surface area (Å²) in [6, 6.07) is 16.3. The van der Waals surface area contributed by atoms with Crippen LogP contribution in [0.2, 0.25) is 0 Å². The summed E-state index contributed by atoms with van der Waals surface area (Å²) < 4.78 is 12.1. The highest BCUT2D eigenvalue weighted by atomic mass is 16.6. The lowest BCUT2D eigenvalue weighted by atomic mass is 10.2. The van der Waals surface area contributed by atoms with E-state index < -0.39 is 5.97 Å². The molecule has 1 aromatic heterocycles. The molecular formula is C16H14N4O3. The molecular weight excluding hydrogens is 296 g/mol. The van der Waals surface area contributed by atoms with Crippen LogP contribution in [-0.4, -0.2) is 39.4 Å². The molecule has 0 radical (unpaired) electrons. The van der Waals surface area contributed by atoms with Crippen LogP contribution in [0.15, 0.2) is 60.9 Å². The van der Waals surface area contributed by atoms with E-state index >= 15 is 0 Å². The third-order valence-electron chi connectivity index (χ3n) is 3.05.